The zero-order valence-corrected chi connectivity index (χ0v) is 11.7. The Kier molecular flexibility index (Phi) is 3.31. The Morgan fingerprint density at radius 2 is 1.62 bits per heavy atom. The van der Waals surface area contributed by atoms with Gasteiger partial charge in [0.1, 0.15) is 5.82 Å². The van der Waals surface area contributed by atoms with Crippen LogP contribution in [0.1, 0.15) is 0 Å². The lowest BCUT2D eigenvalue weighted by Crippen LogP contribution is -2.13. The summed E-state index contributed by atoms with van der Waals surface area (Å²) in [5.74, 6) is -0.467. The molecule has 1 aromatic heterocycles. The second-order valence-electron chi connectivity index (χ2n) is 4.34. The van der Waals surface area contributed by atoms with Gasteiger partial charge in [0.25, 0.3) is 10.0 Å². The second kappa shape index (κ2) is 5.14. The highest BCUT2D eigenvalue weighted by molar-refractivity contribution is 7.90. The van der Waals surface area contributed by atoms with Crippen LogP contribution in [0.3, 0.4) is 0 Å². The van der Waals surface area contributed by atoms with Crippen LogP contribution >= 0.6 is 0 Å². The molecule has 0 saturated carbocycles. The average Bonchev–Trinajstić information content (AvgIpc) is 2.99. The monoisotopic (exact) mass is 302 g/mol. The molecule has 106 valence electrons. The van der Waals surface area contributed by atoms with E-state index in [1.165, 1.54) is 42.7 Å². The van der Waals surface area contributed by atoms with Crippen LogP contribution in [-0.4, -0.2) is 17.4 Å². The normalized spacial score (nSPS) is 11.5. The van der Waals surface area contributed by atoms with Gasteiger partial charge in [-0.15, -0.1) is 0 Å². The number of imidazole rings is 1. The minimum atomic E-state index is -3.80. The van der Waals surface area contributed by atoms with Gasteiger partial charge in [-0.05, 0) is 24.3 Å². The maximum atomic E-state index is 13.9. The summed E-state index contributed by atoms with van der Waals surface area (Å²) < 4.78 is 40.1. The van der Waals surface area contributed by atoms with E-state index in [-0.39, 0.29) is 16.3 Å². The minimum Gasteiger partial charge on any atom is -0.236 e. The van der Waals surface area contributed by atoms with E-state index in [1.54, 1.807) is 24.3 Å². The fourth-order valence-corrected chi connectivity index (χ4v) is 3.34. The highest BCUT2D eigenvalue weighted by Gasteiger charge is 2.22. The summed E-state index contributed by atoms with van der Waals surface area (Å²) in [5, 5.41) is 0. The van der Waals surface area contributed by atoms with Crippen molar-refractivity contribution in [3.8, 4) is 11.4 Å². The van der Waals surface area contributed by atoms with Crippen molar-refractivity contribution in [1.29, 1.82) is 0 Å². The molecule has 3 aromatic rings. The van der Waals surface area contributed by atoms with Crippen LogP contribution in [0, 0.1) is 5.82 Å². The second-order valence-corrected chi connectivity index (χ2v) is 6.16. The molecule has 1 heterocycles. The molecule has 0 N–H and O–H groups in total. The van der Waals surface area contributed by atoms with Gasteiger partial charge in [0.2, 0.25) is 0 Å². The van der Waals surface area contributed by atoms with Crippen molar-refractivity contribution in [3.05, 3.63) is 72.8 Å². The van der Waals surface area contributed by atoms with Gasteiger partial charge in [0.05, 0.1) is 10.5 Å². The van der Waals surface area contributed by atoms with Gasteiger partial charge in [-0.3, -0.25) is 0 Å². The zero-order chi connectivity index (χ0) is 14.9. The molecule has 3 rings (SSSR count). The molecule has 2 aromatic carbocycles. The topological polar surface area (TPSA) is 52.0 Å². The van der Waals surface area contributed by atoms with Crippen molar-refractivity contribution in [2.24, 2.45) is 0 Å². The Bertz CT molecular complexity index is 873. The Balaban J connectivity index is 2.19. The molecule has 0 spiro atoms. The van der Waals surface area contributed by atoms with Crippen LogP contribution in [0.2, 0.25) is 0 Å². The maximum absolute atomic E-state index is 13.9. The lowest BCUT2D eigenvalue weighted by molar-refractivity contribution is 0.587. The third-order valence-electron chi connectivity index (χ3n) is 3.02. The number of rotatable bonds is 3. The van der Waals surface area contributed by atoms with Crippen LogP contribution in [-0.2, 0) is 10.0 Å². The van der Waals surface area contributed by atoms with Crippen LogP contribution in [0.15, 0.2) is 71.9 Å². The molecule has 4 nitrogen and oxygen atoms in total. The van der Waals surface area contributed by atoms with E-state index in [0.29, 0.717) is 0 Å². The highest BCUT2D eigenvalue weighted by Crippen LogP contribution is 2.24. The molecule has 0 bridgehead atoms. The lowest BCUT2D eigenvalue weighted by atomic mass is 10.2. The molecule has 6 heteroatoms. The molecule has 0 atom stereocenters. The molecule has 0 aliphatic carbocycles. The maximum Gasteiger partial charge on any atom is 0.269 e. The first kappa shape index (κ1) is 13.5. The smallest absolute Gasteiger partial charge is 0.236 e. The molecule has 0 aliphatic rings. The number of hydrogen-bond donors (Lipinski definition) is 0. The highest BCUT2D eigenvalue weighted by atomic mass is 32.2. The van der Waals surface area contributed by atoms with Gasteiger partial charge in [-0.2, -0.15) is 0 Å². The van der Waals surface area contributed by atoms with Gasteiger partial charge < -0.3 is 0 Å². The lowest BCUT2D eigenvalue weighted by Gasteiger charge is -2.09. The third-order valence-corrected chi connectivity index (χ3v) is 4.70. The first-order valence-electron chi connectivity index (χ1n) is 6.19. The van der Waals surface area contributed by atoms with Crippen molar-refractivity contribution < 1.29 is 12.8 Å². The summed E-state index contributed by atoms with van der Waals surface area (Å²) in [6.45, 7) is 0. The summed E-state index contributed by atoms with van der Waals surface area (Å²) in [6.07, 6.45) is 2.65. The number of aromatic nitrogens is 2. The minimum absolute atomic E-state index is 0.0527. The zero-order valence-electron chi connectivity index (χ0n) is 10.8. The predicted octanol–water partition coefficient (Wildman–Crippen LogP) is 2.93. The van der Waals surface area contributed by atoms with Gasteiger partial charge >= 0.3 is 0 Å². The largest absolute Gasteiger partial charge is 0.269 e. The van der Waals surface area contributed by atoms with E-state index in [2.05, 4.69) is 4.98 Å². The quantitative estimate of drug-likeness (QED) is 0.747. The van der Waals surface area contributed by atoms with E-state index in [9.17, 15) is 12.8 Å². The van der Waals surface area contributed by atoms with Crippen molar-refractivity contribution in [1.82, 2.24) is 8.96 Å². The number of benzene rings is 2. The Hall–Kier alpha value is -2.47. The predicted molar refractivity (Wildman–Crippen MR) is 76.6 cm³/mol. The summed E-state index contributed by atoms with van der Waals surface area (Å²) >= 11 is 0. The molecule has 0 aliphatic heterocycles. The van der Waals surface area contributed by atoms with Gasteiger partial charge in [0.15, 0.2) is 5.82 Å². The molecular formula is C15H11FN2O2S. The van der Waals surface area contributed by atoms with Crippen molar-refractivity contribution >= 4 is 10.0 Å². The van der Waals surface area contributed by atoms with E-state index in [0.717, 1.165) is 3.97 Å². The van der Waals surface area contributed by atoms with Crippen LogP contribution in [0.5, 0.6) is 0 Å². The van der Waals surface area contributed by atoms with Crippen LogP contribution < -0.4 is 0 Å². The fraction of sp³-hybridized carbons (Fsp3) is 0. The Labute approximate surface area is 121 Å². The summed E-state index contributed by atoms with van der Waals surface area (Å²) in [6, 6.07) is 13.9. The van der Waals surface area contributed by atoms with Crippen molar-refractivity contribution in [2.75, 3.05) is 0 Å². The van der Waals surface area contributed by atoms with E-state index in [4.69, 9.17) is 0 Å². The first-order valence-corrected chi connectivity index (χ1v) is 7.63. The number of hydrogen-bond acceptors (Lipinski definition) is 3. The van der Waals surface area contributed by atoms with Gasteiger partial charge in [0, 0.05) is 12.4 Å². The first-order chi connectivity index (χ1) is 10.1. The van der Waals surface area contributed by atoms with Crippen molar-refractivity contribution in [3.63, 3.8) is 0 Å². The van der Waals surface area contributed by atoms with Gasteiger partial charge in [-0.1, -0.05) is 30.3 Å². The molecule has 21 heavy (non-hydrogen) atoms. The number of halogens is 1. The molecule has 0 saturated heterocycles. The van der Waals surface area contributed by atoms with Crippen LogP contribution in [0.4, 0.5) is 4.39 Å². The molecule has 0 amide bonds. The molecule has 0 fully saturated rings. The van der Waals surface area contributed by atoms with E-state index in [1.807, 2.05) is 0 Å². The van der Waals surface area contributed by atoms with Crippen molar-refractivity contribution in [2.45, 2.75) is 4.90 Å². The average molecular weight is 302 g/mol. The fourth-order valence-electron chi connectivity index (χ4n) is 2.02. The molecule has 0 unspecified atom stereocenters. The summed E-state index contributed by atoms with van der Waals surface area (Å²) in [4.78, 5) is 4.11. The SMILES string of the molecule is O=S(=O)(c1ccccc1)n1ccnc1-c1ccccc1F. The number of nitrogens with zero attached hydrogens (tertiary/aromatic N) is 2. The third kappa shape index (κ3) is 2.34. The Morgan fingerprint density at radius 1 is 0.952 bits per heavy atom. The molecule has 0 radical (unpaired) electrons. The summed E-state index contributed by atoms with van der Waals surface area (Å²) in [5.41, 5.74) is 0.141. The standard InChI is InChI=1S/C15H11FN2O2S/c16-14-9-5-4-8-13(14)15-17-10-11-18(15)21(19,20)12-6-2-1-3-7-12/h1-11H. The van der Waals surface area contributed by atoms with E-state index < -0.39 is 15.8 Å². The van der Waals surface area contributed by atoms with Crippen LogP contribution in [0.25, 0.3) is 11.4 Å². The van der Waals surface area contributed by atoms with Gasteiger partial charge in [-0.25, -0.2) is 21.8 Å². The molecular weight excluding hydrogens is 291 g/mol. The summed E-state index contributed by atoms with van der Waals surface area (Å²) in [7, 11) is -3.80. The van der Waals surface area contributed by atoms with E-state index >= 15 is 0 Å². The Morgan fingerprint density at radius 3 is 2.33 bits per heavy atom.